The standard InChI is InChI=1S/C18H18Cl2FNO2/c1-22(9-10-3-4-17(24-2)15(21)5-10)18-13-6-11(19)7-14(20)12(13)8-16(18)23/h3-7,16,18,23H,8-9H2,1-2H3/t16-,18+/m1/s1. The molecule has 0 saturated carbocycles. The van der Waals surface area contributed by atoms with E-state index in [2.05, 4.69) is 0 Å². The molecular weight excluding hydrogens is 352 g/mol. The summed E-state index contributed by atoms with van der Waals surface area (Å²) in [6, 6.07) is 8.16. The average Bonchev–Trinajstić information content (AvgIpc) is 2.84. The molecule has 0 spiro atoms. The fraction of sp³-hybridized carbons (Fsp3) is 0.333. The molecule has 24 heavy (non-hydrogen) atoms. The monoisotopic (exact) mass is 369 g/mol. The molecule has 3 rings (SSSR count). The number of hydrogen-bond acceptors (Lipinski definition) is 3. The van der Waals surface area contributed by atoms with Gasteiger partial charge in [0.25, 0.3) is 0 Å². The number of nitrogens with zero attached hydrogens (tertiary/aromatic N) is 1. The zero-order valence-electron chi connectivity index (χ0n) is 13.4. The number of hydrogen-bond donors (Lipinski definition) is 1. The van der Waals surface area contributed by atoms with Crippen LogP contribution in [0.25, 0.3) is 0 Å². The third kappa shape index (κ3) is 3.24. The minimum Gasteiger partial charge on any atom is -0.494 e. The van der Waals surface area contributed by atoms with Crippen molar-refractivity contribution in [2.45, 2.75) is 25.1 Å². The van der Waals surface area contributed by atoms with Gasteiger partial charge in [0, 0.05) is 23.0 Å². The lowest BCUT2D eigenvalue weighted by Crippen LogP contribution is -2.30. The van der Waals surface area contributed by atoms with E-state index in [-0.39, 0.29) is 11.8 Å². The predicted octanol–water partition coefficient (Wildman–Crippen LogP) is 4.23. The average molecular weight is 370 g/mol. The number of likely N-dealkylation sites (N-methyl/N-ethyl adjacent to an activating group) is 1. The second-order valence-electron chi connectivity index (χ2n) is 6.06. The summed E-state index contributed by atoms with van der Waals surface area (Å²) in [5.74, 6) is -0.187. The summed E-state index contributed by atoms with van der Waals surface area (Å²) in [5, 5.41) is 11.6. The van der Waals surface area contributed by atoms with Crippen LogP contribution in [0.5, 0.6) is 5.75 Å². The molecule has 3 nitrogen and oxygen atoms in total. The zero-order valence-corrected chi connectivity index (χ0v) is 14.9. The lowest BCUT2D eigenvalue weighted by molar-refractivity contribution is 0.0724. The Kier molecular flexibility index (Phi) is 5.02. The van der Waals surface area contributed by atoms with E-state index in [4.69, 9.17) is 27.9 Å². The van der Waals surface area contributed by atoms with Crippen LogP contribution in [0.1, 0.15) is 22.7 Å². The molecule has 1 aliphatic carbocycles. The van der Waals surface area contributed by atoms with E-state index in [1.807, 2.05) is 24.1 Å². The molecule has 128 valence electrons. The summed E-state index contributed by atoms with van der Waals surface area (Å²) in [6.07, 6.45) is -0.0961. The number of aliphatic hydroxyl groups excluding tert-OH is 1. The molecule has 0 bridgehead atoms. The molecule has 0 amide bonds. The first kappa shape index (κ1) is 17.5. The van der Waals surface area contributed by atoms with Crippen molar-refractivity contribution in [2.75, 3.05) is 14.2 Å². The van der Waals surface area contributed by atoms with Crippen molar-refractivity contribution in [3.63, 3.8) is 0 Å². The van der Waals surface area contributed by atoms with Crippen molar-refractivity contribution in [1.82, 2.24) is 4.90 Å². The Labute approximate surface area is 150 Å². The van der Waals surface area contributed by atoms with Crippen molar-refractivity contribution in [3.8, 4) is 5.75 Å². The number of halogens is 3. The van der Waals surface area contributed by atoms with Gasteiger partial charge in [-0.05, 0) is 48.0 Å². The van der Waals surface area contributed by atoms with Crippen LogP contribution in [0.15, 0.2) is 30.3 Å². The molecule has 0 unspecified atom stereocenters. The Hall–Kier alpha value is -1.33. The van der Waals surface area contributed by atoms with Gasteiger partial charge in [-0.1, -0.05) is 29.3 Å². The number of methoxy groups -OCH3 is 1. The molecule has 2 aromatic carbocycles. The third-order valence-corrected chi connectivity index (χ3v) is 4.97. The molecule has 0 saturated heterocycles. The molecule has 0 aromatic heterocycles. The van der Waals surface area contributed by atoms with Crippen molar-refractivity contribution in [3.05, 3.63) is 62.9 Å². The first-order valence-corrected chi connectivity index (χ1v) is 8.35. The van der Waals surface area contributed by atoms with Gasteiger partial charge in [0.05, 0.1) is 19.3 Å². The number of ether oxygens (including phenoxy) is 1. The molecule has 6 heteroatoms. The maximum atomic E-state index is 13.9. The van der Waals surface area contributed by atoms with Crippen molar-refractivity contribution in [1.29, 1.82) is 0 Å². The van der Waals surface area contributed by atoms with Crippen LogP contribution in [0.3, 0.4) is 0 Å². The summed E-state index contributed by atoms with van der Waals surface area (Å²) in [7, 11) is 3.32. The predicted molar refractivity (Wildman–Crippen MR) is 93.3 cm³/mol. The van der Waals surface area contributed by atoms with Crippen LogP contribution in [0, 0.1) is 5.82 Å². The van der Waals surface area contributed by atoms with Crippen molar-refractivity contribution >= 4 is 23.2 Å². The van der Waals surface area contributed by atoms with Gasteiger partial charge in [-0.3, -0.25) is 4.90 Å². The maximum absolute atomic E-state index is 13.9. The SMILES string of the molecule is COc1ccc(CN(C)[C@H]2c3cc(Cl)cc(Cl)c3C[C@H]2O)cc1F. The van der Waals surface area contributed by atoms with E-state index in [9.17, 15) is 9.50 Å². The largest absolute Gasteiger partial charge is 0.494 e. The minimum absolute atomic E-state index is 0.214. The van der Waals surface area contributed by atoms with Crippen LogP contribution in [-0.4, -0.2) is 30.3 Å². The van der Waals surface area contributed by atoms with Gasteiger partial charge in [0.2, 0.25) is 0 Å². The number of aliphatic hydroxyl groups is 1. The summed E-state index contributed by atoms with van der Waals surface area (Å²) in [5.41, 5.74) is 2.65. The van der Waals surface area contributed by atoms with Gasteiger partial charge < -0.3 is 9.84 Å². The Morgan fingerprint density at radius 2 is 2.04 bits per heavy atom. The highest BCUT2D eigenvalue weighted by Crippen LogP contribution is 2.41. The maximum Gasteiger partial charge on any atom is 0.165 e. The van der Waals surface area contributed by atoms with E-state index < -0.39 is 11.9 Å². The topological polar surface area (TPSA) is 32.7 Å². The fourth-order valence-electron chi connectivity index (χ4n) is 3.36. The van der Waals surface area contributed by atoms with Gasteiger partial charge in [-0.25, -0.2) is 4.39 Å². The Morgan fingerprint density at radius 1 is 1.29 bits per heavy atom. The smallest absolute Gasteiger partial charge is 0.165 e. The second-order valence-corrected chi connectivity index (χ2v) is 6.90. The van der Waals surface area contributed by atoms with Gasteiger partial charge >= 0.3 is 0 Å². The minimum atomic E-state index is -0.580. The van der Waals surface area contributed by atoms with E-state index in [0.29, 0.717) is 23.0 Å². The number of fused-ring (bicyclic) bond motifs is 1. The zero-order chi connectivity index (χ0) is 17.4. The molecular formula is C18H18Cl2FNO2. The molecule has 2 atom stereocenters. The van der Waals surface area contributed by atoms with Crippen LogP contribution in [-0.2, 0) is 13.0 Å². The first-order valence-electron chi connectivity index (χ1n) is 7.59. The van der Waals surface area contributed by atoms with E-state index in [1.54, 1.807) is 12.1 Å². The first-order chi connectivity index (χ1) is 11.4. The third-order valence-electron chi connectivity index (χ3n) is 4.41. The molecule has 0 radical (unpaired) electrons. The lowest BCUT2D eigenvalue weighted by Gasteiger charge is -2.28. The number of benzene rings is 2. The molecule has 1 N–H and O–H groups in total. The van der Waals surface area contributed by atoms with Crippen molar-refractivity contribution in [2.24, 2.45) is 0 Å². The van der Waals surface area contributed by atoms with Crippen LogP contribution >= 0.6 is 23.2 Å². The van der Waals surface area contributed by atoms with Crippen LogP contribution in [0.4, 0.5) is 4.39 Å². The fourth-order valence-corrected chi connectivity index (χ4v) is 3.94. The molecule has 2 aromatic rings. The summed E-state index contributed by atoms with van der Waals surface area (Å²) >= 11 is 12.4. The van der Waals surface area contributed by atoms with Gasteiger partial charge in [-0.15, -0.1) is 0 Å². The van der Waals surface area contributed by atoms with Crippen LogP contribution in [0.2, 0.25) is 10.0 Å². The molecule has 0 aliphatic heterocycles. The summed E-state index contributed by atoms with van der Waals surface area (Å²) in [6.45, 7) is 0.478. The summed E-state index contributed by atoms with van der Waals surface area (Å²) in [4.78, 5) is 1.98. The Morgan fingerprint density at radius 3 is 2.71 bits per heavy atom. The normalized spacial score (nSPS) is 19.6. The Balaban J connectivity index is 1.86. The highest BCUT2D eigenvalue weighted by atomic mass is 35.5. The van der Waals surface area contributed by atoms with Crippen LogP contribution < -0.4 is 4.74 Å². The number of rotatable bonds is 4. The van der Waals surface area contributed by atoms with Gasteiger partial charge in [0.1, 0.15) is 0 Å². The second kappa shape index (κ2) is 6.89. The highest BCUT2D eigenvalue weighted by Gasteiger charge is 2.35. The highest BCUT2D eigenvalue weighted by molar-refractivity contribution is 6.35. The van der Waals surface area contributed by atoms with Gasteiger partial charge in [-0.2, -0.15) is 0 Å². The summed E-state index contributed by atoms with van der Waals surface area (Å²) < 4.78 is 18.8. The van der Waals surface area contributed by atoms with E-state index in [0.717, 1.165) is 16.7 Å². The lowest BCUT2D eigenvalue weighted by atomic mass is 10.1. The Bertz CT molecular complexity index is 769. The quantitative estimate of drug-likeness (QED) is 0.874. The van der Waals surface area contributed by atoms with E-state index in [1.165, 1.54) is 13.2 Å². The molecule has 0 heterocycles. The van der Waals surface area contributed by atoms with Gasteiger partial charge in [0.15, 0.2) is 11.6 Å². The van der Waals surface area contributed by atoms with E-state index >= 15 is 0 Å². The molecule has 0 fully saturated rings. The molecule has 1 aliphatic rings. The van der Waals surface area contributed by atoms with Crippen molar-refractivity contribution < 1.29 is 14.2 Å².